The maximum atomic E-state index is 13.5. The number of nitrogens with two attached hydrogens (primary N) is 1. The van der Waals surface area contributed by atoms with E-state index in [9.17, 15) is 26.6 Å². The number of ether oxygens (including phenoxy) is 1. The molecule has 1 saturated carbocycles. The number of nitrogens with one attached hydrogen (secondary N) is 1. The molecule has 3 rings (SSSR count). The molecular formula is C19H18F4N2O3S. The minimum Gasteiger partial charge on any atom is -0.404 e. The zero-order chi connectivity index (χ0) is 21.6. The molecule has 1 amide bonds. The number of rotatable bonds is 5. The maximum absolute atomic E-state index is 13.5. The van der Waals surface area contributed by atoms with Crippen LogP contribution in [0.4, 0.5) is 23.2 Å². The second-order valence-electron chi connectivity index (χ2n) is 7.32. The van der Waals surface area contributed by atoms with Gasteiger partial charge in [-0.1, -0.05) is 26.0 Å². The lowest BCUT2D eigenvalue weighted by atomic mass is 10.0. The molecule has 1 aliphatic carbocycles. The van der Waals surface area contributed by atoms with E-state index in [4.69, 9.17) is 5.14 Å². The van der Waals surface area contributed by atoms with E-state index in [-0.39, 0.29) is 5.92 Å². The summed E-state index contributed by atoms with van der Waals surface area (Å²) in [5.41, 5.74) is -0.0794. The summed E-state index contributed by atoms with van der Waals surface area (Å²) in [7, 11) is -1.63. The summed E-state index contributed by atoms with van der Waals surface area (Å²) in [4.78, 5) is 13.2. The number of carbonyl (C=O) groups excluding carboxylic acids is 1. The second kappa shape index (κ2) is 7.42. The number of halogens is 4. The normalized spacial score (nSPS) is 21.3. The molecule has 156 valence electrons. The number of benzene rings is 2. The average molecular weight is 430 g/mol. The third-order valence-corrected chi connectivity index (χ3v) is 5.74. The lowest BCUT2D eigenvalue weighted by molar-refractivity contribution is -0.274. The summed E-state index contributed by atoms with van der Waals surface area (Å²) in [5, 5.41) is 7.67. The van der Waals surface area contributed by atoms with Gasteiger partial charge in [-0.3, -0.25) is 4.79 Å². The topological polar surface area (TPSA) is 81.4 Å². The minimum atomic E-state index is -4.98. The molecule has 1 unspecified atom stereocenters. The van der Waals surface area contributed by atoms with E-state index in [1.165, 1.54) is 0 Å². The number of amides is 1. The van der Waals surface area contributed by atoms with Crippen molar-refractivity contribution in [2.24, 2.45) is 16.5 Å². The van der Waals surface area contributed by atoms with Crippen molar-refractivity contribution in [3.63, 3.8) is 0 Å². The molecule has 3 atom stereocenters. The molecule has 0 aliphatic heterocycles. The van der Waals surface area contributed by atoms with E-state index in [0.717, 1.165) is 23.8 Å². The monoisotopic (exact) mass is 430 g/mol. The fourth-order valence-corrected chi connectivity index (χ4v) is 3.99. The fourth-order valence-electron chi connectivity index (χ4n) is 3.58. The molecule has 0 aromatic heterocycles. The van der Waals surface area contributed by atoms with Gasteiger partial charge in [0.25, 0.3) is 0 Å². The van der Waals surface area contributed by atoms with E-state index >= 15 is 0 Å². The Morgan fingerprint density at radius 3 is 2.34 bits per heavy atom. The molecule has 0 saturated heterocycles. The fraction of sp³-hybridized carbons (Fsp3) is 0.316. The quantitative estimate of drug-likeness (QED) is 0.702. The Hall–Kier alpha value is -2.46. The van der Waals surface area contributed by atoms with Gasteiger partial charge in [0.05, 0.1) is 16.5 Å². The predicted octanol–water partition coefficient (Wildman–Crippen LogP) is 4.08. The maximum Gasteiger partial charge on any atom is 0.573 e. The zero-order valence-electron chi connectivity index (χ0n) is 15.4. The van der Waals surface area contributed by atoms with Crippen molar-refractivity contribution in [1.29, 1.82) is 0 Å². The minimum absolute atomic E-state index is 0.219. The van der Waals surface area contributed by atoms with Crippen LogP contribution in [0.1, 0.15) is 25.3 Å². The third kappa shape index (κ3) is 4.59. The molecule has 3 N–H and O–H groups in total. The Morgan fingerprint density at radius 1 is 1.17 bits per heavy atom. The Labute approximate surface area is 166 Å². The van der Waals surface area contributed by atoms with Crippen LogP contribution in [-0.2, 0) is 15.8 Å². The Bertz CT molecular complexity index is 961. The molecule has 5 nitrogen and oxygen atoms in total. The van der Waals surface area contributed by atoms with Crippen molar-refractivity contribution >= 4 is 22.6 Å². The standard InChI is InChI=1S/C19H18F4N2O3S/c1-18(2)15(10-3-6-12(7-4-10)29(24)27)16(18)17(26)25-13-9-11(20)5-8-14(13)28-19(21,22)23/h3-9,15-16H,24H2,1-2H3,(H,25,26)/t15-,16+,29?/m0/s1. The van der Waals surface area contributed by atoms with Gasteiger partial charge in [-0.2, -0.15) is 0 Å². The van der Waals surface area contributed by atoms with Crippen molar-refractivity contribution in [1.82, 2.24) is 0 Å². The van der Waals surface area contributed by atoms with Gasteiger partial charge in [0, 0.05) is 12.0 Å². The first-order valence-corrected chi connectivity index (χ1v) is 9.74. The van der Waals surface area contributed by atoms with Gasteiger partial charge in [-0.25, -0.2) is 13.7 Å². The van der Waals surface area contributed by atoms with Gasteiger partial charge in [-0.05, 0) is 35.2 Å². The highest BCUT2D eigenvalue weighted by Crippen LogP contribution is 2.64. The van der Waals surface area contributed by atoms with Gasteiger partial charge in [0.1, 0.15) is 16.8 Å². The van der Waals surface area contributed by atoms with Crippen molar-refractivity contribution < 1.29 is 31.3 Å². The van der Waals surface area contributed by atoms with Crippen LogP contribution in [0.15, 0.2) is 47.4 Å². The molecule has 2 aromatic carbocycles. The largest absolute Gasteiger partial charge is 0.573 e. The lowest BCUT2D eigenvalue weighted by Crippen LogP contribution is -2.21. The number of anilines is 1. The van der Waals surface area contributed by atoms with Gasteiger partial charge in [0.15, 0.2) is 5.75 Å². The van der Waals surface area contributed by atoms with E-state index in [1.807, 2.05) is 13.8 Å². The molecular weight excluding hydrogens is 412 g/mol. The smallest absolute Gasteiger partial charge is 0.404 e. The first-order valence-electron chi connectivity index (χ1n) is 8.52. The SMILES string of the molecule is CC1(C)[C@@H](C(=O)Nc2cc(F)ccc2OC(F)(F)F)[C@@H]1c1ccc(S(N)=O)cc1. The van der Waals surface area contributed by atoms with Crippen molar-refractivity contribution in [2.75, 3.05) is 5.32 Å². The summed E-state index contributed by atoms with van der Waals surface area (Å²) < 4.78 is 66.4. The highest BCUT2D eigenvalue weighted by atomic mass is 32.2. The number of alkyl halides is 3. The highest BCUT2D eigenvalue weighted by molar-refractivity contribution is 7.82. The lowest BCUT2D eigenvalue weighted by Gasteiger charge is -2.14. The van der Waals surface area contributed by atoms with Crippen LogP contribution in [0.25, 0.3) is 0 Å². The van der Waals surface area contributed by atoms with Crippen LogP contribution < -0.4 is 15.2 Å². The average Bonchev–Trinajstić information content (AvgIpc) is 3.18. The van der Waals surface area contributed by atoms with Gasteiger partial charge in [0.2, 0.25) is 5.91 Å². The molecule has 29 heavy (non-hydrogen) atoms. The number of hydrogen-bond acceptors (Lipinski definition) is 3. The van der Waals surface area contributed by atoms with Crippen LogP contribution in [0, 0.1) is 17.2 Å². The van der Waals surface area contributed by atoms with E-state index in [1.54, 1.807) is 24.3 Å². The Balaban J connectivity index is 1.81. The molecule has 1 aliphatic rings. The van der Waals surface area contributed by atoms with Crippen molar-refractivity contribution in [2.45, 2.75) is 31.0 Å². The van der Waals surface area contributed by atoms with E-state index < -0.39 is 51.8 Å². The van der Waals surface area contributed by atoms with Gasteiger partial charge < -0.3 is 10.1 Å². The van der Waals surface area contributed by atoms with Gasteiger partial charge >= 0.3 is 6.36 Å². The number of hydrogen-bond donors (Lipinski definition) is 2. The molecule has 0 bridgehead atoms. The first kappa shape index (κ1) is 21.3. The van der Waals surface area contributed by atoms with Crippen LogP contribution in [-0.4, -0.2) is 16.5 Å². The van der Waals surface area contributed by atoms with Crippen LogP contribution in [0.5, 0.6) is 5.75 Å². The second-order valence-corrected chi connectivity index (χ2v) is 8.39. The summed E-state index contributed by atoms with van der Waals surface area (Å²) >= 11 is 0. The Kier molecular flexibility index (Phi) is 5.44. The third-order valence-electron chi connectivity index (χ3n) is 5.01. The molecule has 1 fully saturated rings. The molecule has 0 spiro atoms. The molecule has 2 aromatic rings. The van der Waals surface area contributed by atoms with Gasteiger partial charge in [-0.15, -0.1) is 13.2 Å². The van der Waals surface area contributed by atoms with Crippen molar-refractivity contribution in [3.05, 3.63) is 53.8 Å². The summed E-state index contributed by atoms with van der Waals surface area (Å²) in [6, 6.07) is 8.99. The summed E-state index contributed by atoms with van der Waals surface area (Å²) in [6.45, 7) is 3.69. The molecule has 10 heteroatoms. The van der Waals surface area contributed by atoms with E-state index in [0.29, 0.717) is 4.90 Å². The van der Waals surface area contributed by atoms with Crippen molar-refractivity contribution in [3.8, 4) is 5.75 Å². The van der Waals surface area contributed by atoms with Crippen LogP contribution >= 0.6 is 0 Å². The summed E-state index contributed by atoms with van der Waals surface area (Å²) in [5.74, 6) is -2.84. The molecule has 0 heterocycles. The zero-order valence-corrected chi connectivity index (χ0v) is 16.2. The van der Waals surface area contributed by atoms with Crippen LogP contribution in [0.2, 0.25) is 0 Å². The van der Waals surface area contributed by atoms with Crippen LogP contribution in [0.3, 0.4) is 0 Å². The highest BCUT2D eigenvalue weighted by Gasteiger charge is 2.62. The predicted molar refractivity (Wildman–Crippen MR) is 98.8 cm³/mol. The Morgan fingerprint density at radius 2 is 1.79 bits per heavy atom. The molecule has 0 radical (unpaired) electrons. The number of carbonyl (C=O) groups is 1. The first-order chi connectivity index (χ1) is 13.4. The summed E-state index contributed by atoms with van der Waals surface area (Å²) in [6.07, 6.45) is -4.98. The van der Waals surface area contributed by atoms with E-state index in [2.05, 4.69) is 10.1 Å².